The van der Waals surface area contributed by atoms with Crippen LogP contribution in [0.15, 0.2) is 35.4 Å². The fraction of sp³-hybridized carbons (Fsp3) is 0.267. The number of aromatic nitrogens is 2. The molecule has 7 nitrogen and oxygen atoms in total. The van der Waals surface area contributed by atoms with E-state index in [0.717, 1.165) is 0 Å². The lowest BCUT2D eigenvalue weighted by molar-refractivity contribution is 0.0951. The van der Waals surface area contributed by atoms with Crippen LogP contribution in [0.4, 0.5) is 0 Å². The number of hydrogen-bond donors (Lipinski definition) is 1. The lowest BCUT2D eigenvalue weighted by Gasteiger charge is -2.08. The third-order valence-corrected chi connectivity index (χ3v) is 3.29. The Morgan fingerprint density at radius 1 is 1.32 bits per heavy atom. The number of benzene rings is 1. The minimum Gasteiger partial charge on any atom is -0.454 e. The predicted molar refractivity (Wildman–Crippen MR) is 78.1 cm³/mol. The fourth-order valence-corrected chi connectivity index (χ4v) is 2.11. The molecule has 0 radical (unpaired) electrons. The van der Waals surface area contributed by atoms with Crippen LogP contribution in [0.1, 0.15) is 16.1 Å². The van der Waals surface area contributed by atoms with Crippen LogP contribution < -0.4 is 20.3 Å². The highest BCUT2D eigenvalue weighted by Gasteiger charge is 2.15. The number of carbonyl (C=O) groups excluding carboxylic acids is 1. The van der Waals surface area contributed by atoms with Crippen molar-refractivity contribution in [2.75, 3.05) is 13.3 Å². The van der Waals surface area contributed by atoms with Gasteiger partial charge in [-0.2, -0.15) is 0 Å². The molecule has 0 spiro atoms. The molecular weight excluding hydrogens is 286 g/mol. The Labute approximate surface area is 126 Å². The van der Waals surface area contributed by atoms with E-state index in [4.69, 9.17) is 9.47 Å². The number of aryl methyl sites for hydroxylation is 1. The van der Waals surface area contributed by atoms with Crippen molar-refractivity contribution >= 4 is 5.91 Å². The third-order valence-electron chi connectivity index (χ3n) is 3.29. The van der Waals surface area contributed by atoms with Crippen LogP contribution >= 0.6 is 0 Å². The molecule has 0 aliphatic carbocycles. The van der Waals surface area contributed by atoms with Gasteiger partial charge in [-0.1, -0.05) is 0 Å². The molecule has 0 bridgehead atoms. The number of nitrogens with one attached hydrogen (secondary N) is 1. The molecule has 1 aliphatic heterocycles. The van der Waals surface area contributed by atoms with Gasteiger partial charge in [-0.3, -0.25) is 14.2 Å². The van der Waals surface area contributed by atoms with E-state index in [1.165, 1.54) is 17.0 Å². The molecule has 7 heteroatoms. The third kappa shape index (κ3) is 2.93. The maximum absolute atomic E-state index is 12.1. The molecule has 1 aromatic heterocycles. The first kappa shape index (κ1) is 14.1. The SMILES string of the molecule is Cc1cc(=O)n(CCNC(=O)c2ccc3c(c2)OCO3)cn1. The summed E-state index contributed by atoms with van der Waals surface area (Å²) in [5, 5.41) is 2.76. The molecule has 1 aliphatic rings. The fourth-order valence-electron chi connectivity index (χ4n) is 2.11. The summed E-state index contributed by atoms with van der Waals surface area (Å²) in [6.07, 6.45) is 1.48. The molecule has 1 N–H and O–H groups in total. The minimum absolute atomic E-state index is 0.134. The zero-order valence-corrected chi connectivity index (χ0v) is 12.0. The average molecular weight is 301 g/mol. The van der Waals surface area contributed by atoms with Gasteiger partial charge in [0.15, 0.2) is 11.5 Å². The van der Waals surface area contributed by atoms with E-state index in [1.807, 2.05) is 0 Å². The molecule has 3 rings (SSSR count). The van der Waals surface area contributed by atoms with Crippen molar-refractivity contribution < 1.29 is 14.3 Å². The molecule has 114 valence electrons. The second-order valence-corrected chi connectivity index (χ2v) is 4.89. The zero-order chi connectivity index (χ0) is 15.5. The second-order valence-electron chi connectivity index (χ2n) is 4.89. The van der Waals surface area contributed by atoms with Crippen molar-refractivity contribution in [3.05, 3.63) is 52.2 Å². The average Bonchev–Trinajstić information content (AvgIpc) is 2.96. The molecular formula is C15H15N3O4. The summed E-state index contributed by atoms with van der Waals surface area (Å²) in [7, 11) is 0. The van der Waals surface area contributed by atoms with Gasteiger partial charge in [-0.15, -0.1) is 0 Å². The Morgan fingerprint density at radius 3 is 2.95 bits per heavy atom. The maximum Gasteiger partial charge on any atom is 0.253 e. The van der Waals surface area contributed by atoms with Crippen molar-refractivity contribution in [3.63, 3.8) is 0 Å². The number of carbonyl (C=O) groups is 1. The highest BCUT2D eigenvalue weighted by Crippen LogP contribution is 2.32. The van der Waals surface area contributed by atoms with E-state index in [2.05, 4.69) is 10.3 Å². The first-order valence-electron chi connectivity index (χ1n) is 6.84. The molecule has 0 saturated heterocycles. The lowest BCUT2D eigenvalue weighted by atomic mass is 10.2. The van der Waals surface area contributed by atoms with Gasteiger partial charge in [0, 0.05) is 30.4 Å². The molecule has 1 amide bonds. The molecule has 0 saturated carbocycles. The summed E-state index contributed by atoms with van der Waals surface area (Å²) in [6, 6.07) is 6.46. The Morgan fingerprint density at radius 2 is 2.14 bits per heavy atom. The summed E-state index contributed by atoms with van der Waals surface area (Å²) in [4.78, 5) is 27.8. The first-order chi connectivity index (χ1) is 10.6. The number of rotatable bonds is 4. The minimum atomic E-state index is -0.230. The van der Waals surface area contributed by atoms with Crippen LogP contribution in [0.3, 0.4) is 0 Å². The summed E-state index contributed by atoms with van der Waals surface area (Å²) in [6.45, 7) is 2.62. The molecule has 2 heterocycles. The predicted octanol–water partition coefficient (Wildman–Crippen LogP) is 0.710. The van der Waals surface area contributed by atoms with Gasteiger partial charge in [0.1, 0.15) is 0 Å². The van der Waals surface area contributed by atoms with Gasteiger partial charge in [0.05, 0.1) is 6.33 Å². The van der Waals surface area contributed by atoms with Crippen molar-refractivity contribution in [2.24, 2.45) is 0 Å². The maximum atomic E-state index is 12.1. The highest BCUT2D eigenvalue weighted by atomic mass is 16.7. The van der Waals surface area contributed by atoms with E-state index in [0.29, 0.717) is 35.8 Å². The first-order valence-corrected chi connectivity index (χ1v) is 6.84. The van der Waals surface area contributed by atoms with Gasteiger partial charge in [0.2, 0.25) is 6.79 Å². The summed E-state index contributed by atoms with van der Waals surface area (Å²) in [5.41, 5.74) is 1.02. The normalized spacial score (nSPS) is 12.2. The quantitative estimate of drug-likeness (QED) is 0.899. The summed E-state index contributed by atoms with van der Waals surface area (Å²) in [5.74, 6) is 0.965. The van der Waals surface area contributed by atoms with E-state index in [-0.39, 0.29) is 18.3 Å². The lowest BCUT2D eigenvalue weighted by Crippen LogP contribution is -2.30. The second kappa shape index (κ2) is 5.88. The molecule has 22 heavy (non-hydrogen) atoms. The van der Waals surface area contributed by atoms with Gasteiger partial charge in [-0.25, -0.2) is 4.98 Å². The summed E-state index contributed by atoms with van der Waals surface area (Å²) >= 11 is 0. The van der Waals surface area contributed by atoms with Crippen LogP contribution in [-0.4, -0.2) is 28.8 Å². The summed E-state index contributed by atoms with van der Waals surface area (Å²) < 4.78 is 11.9. The van der Waals surface area contributed by atoms with Crippen LogP contribution in [0.5, 0.6) is 11.5 Å². The van der Waals surface area contributed by atoms with Crippen LogP contribution in [0.2, 0.25) is 0 Å². The Hall–Kier alpha value is -2.83. The van der Waals surface area contributed by atoms with Gasteiger partial charge in [0.25, 0.3) is 11.5 Å². The van der Waals surface area contributed by atoms with Crippen molar-refractivity contribution in [3.8, 4) is 11.5 Å². The molecule has 0 unspecified atom stereocenters. The van der Waals surface area contributed by atoms with Crippen LogP contribution in [-0.2, 0) is 6.54 Å². The molecule has 1 aromatic carbocycles. The Bertz CT molecular complexity index is 770. The zero-order valence-electron chi connectivity index (χ0n) is 12.0. The van der Waals surface area contributed by atoms with Crippen molar-refractivity contribution in [1.29, 1.82) is 0 Å². The van der Waals surface area contributed by atoms with Crippen LogP contribution in [0.25, 0.3) is 0 Å². The number of amides is 1. The van der Waals surface area contributed by atoms with Gasteiger partial charge < -0.3 is 14.8 Å². The molecule has 0 fully saturated rings. The van der Waals surface area contributed by atoms with E-state index >= 15 is 0 Å². The smallest absolute Gasteiger partial charge is 0.253 e. The number of hydrogen-bond acceptors (Lipinski definition) is 5. The topological polar surface area (TPSA) is 82.5 Å². The van der Waals surface area contributed by atoms with Crippen molar-refractivity contribution in [2.45, 2.75) is 13.5 Å². The van der Waals surface area contributed by atoms with E-state index in [9.17, 15) is 9.59 Å². The number of ether oxygens (including phenoxy) is 2. The number of fused-ring (bicyclic) bond motifs is 1. The Balaban J connectivity index is 1.59. The van der Waals surface area contributed by atoms with E-state index in [1.54, 1.807) is 25.1 Å². The number of nitrogens with zero attached hydrogens (tertiary/aromatic N) is 2. The largest absolute Gasteiger partial charge is 0.454 e. The van der Waals surface area contributed by atoms with E-state index < -0.39 is 0 Å². The Kier molecular flexibility index (Phi) is 3.78. The highest BCUT2D eigenvalue weighted by molar-refractivity contribution is 5.94. The van der Waals surface area contributed by atoms with Crippen molar-refractivity contribution in [1.82, 2.24) is 14.9 Å². The molecule has 0 atom stereocenters. The monoisotopic (exact) mass is 301 g/mol. The molecule has 2 aromatic rings. The van der Waals surface area contributed by atoms with Crippen LogP contribution in [0, 0.1) is 6.92 Å². The van der Waals surface area contributed by atoms with Gasteiger partial charge in [-0.05, 0) is 25.1 Å². The van der Waals surface area contributed by atoms with Gasteiger partial charge >= 0.3 is 0 Å². The standard InChI is InChI=1S/C15H15N3O4/c1-10-6-14(19)18(8-17-10)5-4-16-15(20)11-2-3-12-13(7-11)22-9-21-12/h2-3,6-8H,4-5,9H2,1H3,(H,16,20).